The van der Waals surface area contributed by atoms with E-state index in [4.69, 9.17) is 11.6 Å². The highest BCUT2D eigenvalue weighted by Gasteiger charge is 2.09. The summed E-state index contributed by atoms with van der Waals surface area (Å²) in [6.07, 6.45) is 2.87. The number of thiophene rings is 1. The molecule has 1 aromatic heterocycles. The third kappa shape index (κ3) is 1.45. The topological polar surface area (TPSA) is 17.1 Å². The lowest BCUT2D eigenvalue weighted by Crippen LogP contribution is -1.84. The number of rotatable bonds is 2. The summed E-state index contributed by atoms with van der Waals surface area (Å²) in [5, 5.41) is 3.56. The van der Waals surface area contributed by atoms with Gasteiger partial charge in [0, 0.05) is 25.9 Å². The van der Waals surface area contributed by atoms with E-state index in [0.29, 0.717) is 0 Å². The number of benzene rings is 1. The summed E-state index contributed by atoms with van der Waals surface area (Å²) in [5.41, 5.74) is 0.756. The van der Waals surface area contributed by atoms with Crippen LogP contribution in [0, 0.1) is 0 Å². The van der Waals surface area contributed by atoms with Crippen LogP contribution < -0.4 is 0 Å². The molecular weight excluding hydrogens is 236 g/mol. The number of carbonyl (C=O) groups excluding carboxylic acids is 1. The molecule has 0 radical (unpaired) electrons. The first kappa shape index (κ1) is 10.0. The molecule has 1 nitrogen and oxygen atoms in total. The quantitative estimate of drug-likeness (QED) is 0.583. The van der Waals surface area contributed by atoms with Gasteiger partial charge >= 0.3 is 0 Å². The molecule has 2 rings (SSSR count). The van der Waals surface area contributed by atoms with E-state index in [1.807, 2.05) is 23.8 Å². The van der Waals surface area contributed by atoms with Crippen molar-refractivity contribution in [2.45, 2.75) is 4.90 Å². The number of thioether (sulfide) groups is 1. The van der Waals surface area contributed by atoms with Gasteiger partial charge in [0.25, 0.3) is 0 Å². The Morgan fingerprint density at radius 1 is 1.50 bits per heavy atom. The molecule has 72 valence electrons. The molecule has 0 fully saturated rings. The zero-order chi connectivity index (χ0) is 10.1. The Morgan fingerprint density at radius 3 is 2.93 bits per heavy atom. The number of halogens is 1. The lowest BCUT2D eigenvalue weighted by atomic mass is 10.2. The number of hydrogen-bond donors (Lipinski definition) is 0. The Balaban J connectivity index is 2.84. The lowest BCUT2D eigenvalue weighted by molar-refractivity contribution is 0.112. The van der Waals surface area contributed by atoms with E-state index in [9.17, 15) is 4.79 Å². The average Bonchev–Trinajstić information content (AvgIpc) is 2.59. The van der Waals surface area contributed by atoms with Gasteiger partial charge in [-0.3, -0.25) is 4.79 Å². The van der Waals surface area contributed by atoms with E-state index in [0.717, 1.165) is 31.9 Å². The molecule has 0 aliphatic heterocycles. The standard InChI is InChI=1S/C10H7ClOS2/c1-13-9-3-2-6-8(11)5-14-10(6)7(9)4-12/h2-5H,1H3. The Hall–Kier alpha value is -0.510. The van der Waals surface area contributed by atoms with Gasteiger partial charge in [-0.15, -0.1) is 23.1 Å². The van der Waals surface area contributed by atoms with Crippen LogP contribution in [0.25, 0.3) is 10.1 Å². The van der Waals surface area contributed by atoms with Gasteiger partial charge in [0.05, 0.1) is 5.02 Å². The van der Waals surface area contributed by atoms with Crippen molar-refractivity contribution in [2.75, 3.05) is 6.26 Å². The van der Waals surface area contributed by atoms with Crippen LogP contribution in [-0.4, -0.2) is 12.5 Å². The molecule has 0 spiro atoms. The smallest absolute Gasteiger partial charge is 0.152 e. The van der Waals surface area contributed by atoms with Gasteiger partial charge < -0.3 is 0 Å². The molecule has 0 N–H and O–H groups in total. The normalized spacial score (nSPS) is 10.7. The second-order valence-corrected chi connectivity index (χ2v) is 4.89. The summed E-state index contributed by atoms with van der Waals surface area (Å²) in [6.45, 7) is 0. The zero-order valence-electron chi connectivity index (χ0n) is 7.41. The summed E-state index contributed by atoms with van der Waals surface area (Å²) in [5.74, 6) is 0. The van der Waals surface area contributed by atoms with Crippen molar-refractivity contribution < 1.29 is 4.79 Å². The first-order valence-electron chi connectivity index (χ1n) is 3.96. The van der Waals surface area contributed by atoms with Crippen molar-refractivity contribution in [2.24, 2.45) is 0 Å². The van der Waals surface area contributed by atoms with Crippen molar-refractivity contribution in [3.8, 4) is 0 Å². The summed E-state index contributed by atoms with van der Waals surface area (Å²) < 4.78 is 0.983. The van der Waals surface area contributed by atoms with Gasteiger partial charge in [-0.2, -0.15) is 0 Å². The van der Waals surface area contributed by atoms with Crippen LogP contribution >= 0.6 is 34.7 Å². The molecule has 0 amide bonds. The minimum absolute atomic E-state index is 0.723. The maximum absolute atomic E-state index is 11.0. The van der Waals surface area contributed by atoms with Crippen LogP contribution in [0.2, 0.25) is 5.02 Å². The van der Waals surface area contributed by atoms with Gasteiger partial charge in [0.1, 0.15) is 0 Å². The van der Waals surface area contributed by atoms with Crippen molar-refractivity contribution >= 4 is 51.1 Å². The first-order chi connectivity index (χ1) is 6.77. The van der Waals surface area contributed by atoms with Crippen LogP contribution in [0.4, 0.5) is 0 Å². The average molecular weight is 243 g/mol. The minimum atomic E-state index is 0.723. The second kappa shape index (κ2) is 3.93. The third-order valence-electron chi connectivity index (χ3n) is 2.03. The van der Waals surface area contributed by atoms with Crippen molar-refractivity contribution in [1.29, 1.82) is 0 Å². The predicted octanol–water partition coefficient (Wildman–Crippen LogP) is 4.09. The Bertz CT molecular complexity index is 490. The molecule has 0 atom stereocenters. The Morgan fingerprint density at radius 2 is 2.29 bits per heavy atom. The minimum Gasteiger partial charge on any atom is -0.298 e. The number of hydrogen-bond acceptors (Lipinski definition) is 3. The molecule has 1 aromatic carbocycles. The van der Waals surface area contributed by atoms with E-state index in [-0.39, 0.29) is 0 Å². The van der Waals surface area contributed by atoms with E-state index >= 15 is 0 Å². The summed E-state index contributed by atoms with van der Waals surface area (Å²) in [7, 11) is 0. The van der Waals surface area contributed by atoms with Crippen LogP contribution in [0.1, 0.15) is 10.4 Å². The van der Waals surface area contributed by atoms with Gasteiger partial charge in [-0.05, 0) is 12.3 Å². The third-order valence-corrected chi connectivity index (χ3v) is 4.30. The molecule has 1 heterocycles. The Labute approximate surface area is 95.1 Å². The largest absolute Gasteiger partial charge is 0.298 e. The van der Waals surface area contributed by atoms with Crippen molar-refractivity contribution in [3.05, 3.63) is 28.1 Å². The highest BCUT2D eigenvalue weighted by molar-refractivity contribution is 7.98. The van der Waals surface area contributed by atoms with Crippen molar-refractivity contribution in [1.82, 2.24) is 0 Å². The molecule has 0 unspecified atom stereocenters. The maximum atomic E-state index is 11.0. The SMILES string of the molecule is CSc1ccc2c(Cl)csc2c1C=O. The lowest BCUT2D eigenvalue weighted by Gasteiger charge is -2.01. The molecule has 0 bridgehead atoms. The molecule has 2 aromatic rings. The molecule has 14 heavy (non-hydrogen) atoms. The summed E-state index contributed by atoms with van der Waals surface area (Å²) >= 11 is 9.08. The van der Waals surface area contributed by atoms with Gasteiger partial charge in [0.2, 0.25) is 0 Å². The highest BCUT2D eigenvalue weighted by atomic mass is 35.5. The van der Waals surface area contributed by atoms with Crippen LogP contribution in [0.3, 0.4) is 0 Å². The Kier molecular flexibility index (Phi) is 2.81. The zero-order valence-corrected chi connectivity index (χ0v) is 9.80. The number of fused-ring (bicyclic) bond motifs is 1. The molecule has 0 saturated heterocycles. The maximum Gasteiger partial charge on any atom is 0.152 e. The van der Waals surface area contributed by atoms with Crippen LogP contribution in [-0.2, 0) is 0 Å². The van der Waals surface area contributed by atoms with Gasteiger partial charge in [-0.1, -0.05) is 17.7 Å². The summed E-state index contributed by atoms with van der Waals surface area (Å²) in [4.78, 5) is 12.0. The van der Waals surface area contributed by atoms with Crippen LogP contribution in [0.5, 0.6) is 0 Å². The van der Waals surface area contributed by atoms with Crippen LogP contribution in [0.15, 0.2) is 22.4 Å². The fraction of sp³-hybridized carbons (Fsp3) is 0.100. The molecule has 4 heteroatoms. The first-order valence-corrected chi connectivity index (χ1v) is 6.45. The molecule has 0 saturated carbocycles. The van der Waals surface area contributed by atoms with Gasteiger partial charge in [-0.25, -0.2) is 0 Å². The number of aldehydes is 1. The number of carbonyl (C=O) groups is 1. The molecule has 0 aliphatic carbocycles. The summed E-state index contributed by atoms with van der Waals surface area (Å²) in [6, 6.07) is 3.91. The van der Waals surface area contributed by atoms with E-state index < -0.39 is 0 Å². The molecule has 0 aliphatic rings. The fourth-order valence-electron chi connectivity index (χ4n) is 1.36. The monoisotopic (exact) mass is 242 g/mol. The van der Waals surface area contributed by atoms with E-state index in [1.165, 1.54) is 11.3 Å². The second-order valence-electron chi connectivity index (χ2n) is 2.76. The molecular formula is C10H7ClOS2. The van der Waals surface area contributed by atoms with E-state index in [1.54, 1.807) is 11.8 Å². The highest BCUT2D eigenvalue weighted by Crippen LogP contribution is 2.35. The fourth-order valence-corrected chi connectivity index (χ4v) is 3.28. The van der Waals surface area contributed by atoms with Crippen molar-refractivity contribution in [3.63, 3.8) is 0 Å². The van der Waals surface area contributed by atoms with Gasteiger partial charge in [0.15, 0.2) is 6.29 Å². The predicted molar refractivity (Wildman–Crippen MR) is 64.0 cm³/mol. The van der Waals surface area contributed by atoms with E-state index in [2.05, 4.69) is 0 Å².